The molecule has 0 unspecified atom stereocenters. The van der Waals surface area contributed by atoms with Crippen LogP contribution in [0.1, 0.15) is 68.6 Å². The molecule has 2 aromatic heterocycles. The Bertz CT molecular complexity index is 1170. The molecule has 7 heteroatoms. The summed E-state index contributed by atoms with van der Waals surface area (Å²) in [5.41, 5.74) is 5.19. The van der Waals surface area contributed by atoms with Crippen LogP contribution in [0, 0.1) is 0 Å². The minimum atomic E-state index is -0.310. The topological polar surface area (TPSA) is 69.5 Å². The van der Waals surface area contributed by atoms with Gasteiger partial charge in [-0.25, -0.2) is 14.8 Å². The smallest absolute Gasteiger partial charge is 0.414 e. The summed E-state index contributed by atoms with van der Waals surface area (Å²) in [7, 11) is 3.09. The van der Waals surface area contributed by atoms with E-state index in [1.165, 1.54) is 39.2 Å². The average Bonchev–Trinajstić information content (AvgIpc) is 3.22. The third-order valence-corrected chi connectivity index (χ3v) is 7.17. The van der Waals surface area contributed by atoms with E-state index in [-0.39, 0.29) is 12.1 Å². The summed E-state index contributed by atoms with van der Waals surface area (Å²) in [5, 5.41) is 0. The summed E-state index contributed by atoms with van der Waals surface area (Å²) in [4.78, 5) is 24.2. The number of aromatic nitrogens is 3. The van der Waals surface area contributed by atoms with E-state index in [4.69, 9.17) is 14.5 Å². The van der Waals surface area contributed by atoms with E-state index in [1.54, 1.807) is 12.0 Å². The van der Waals surface area contributed by atoms with Crippen LogP contribution in [0.5, 0.6) is 5.88 Å². The number of methoxy groups -OCH3 is 2. The zero-order valence-electron chi connectivity index (χ0n) is 19.7. The van der Waals surface area contributed by atoms with Gasteiger partial charge in [0.25, 0.3) is 0 Å². The van der Waals surface area contributed by atoms with Crippen molar-refractivity contribution in [2.24, 2.45) is 0 Å². The number of benzene rings is 1. The molecule has 5 rings (SSSR count). The number of anilines is 1. The number of ether oxygens (including phenoxy) is 2. The highest BCUT2D eigenvalue weighted by Gasteiger charge is 2.32. The Kier molecular flexibility index (Phi) is 5.96. The number of hydrogen-bond acceptors (Lipinski definition) is 5. The first-order valence-corrected chi connectivity index (χ1v) is 12.0. The number of aryl methyl sites for hydroxylation is 1. The molecule has 33 heavy (non-hydrogen) atoms. The molecule has 0 spiro atoms. The normalized spacial score (nSPS) is 18.9. The highest BCUT2D eigenvalue weighted by molar-refractivity contribution is 5.95. The molecular weight excluding hydrogens is 416 g/mol. The lowest BCUT2D eigenvalue weighted by Crippen LogP contribution is -2.42. The highest BCUT2D eigenvalue weighted by atomic mass is 16.5. The Hall–Kier alpha value is -3.09. The first-order chi connectivity index (χ1) is 16.1. The lowest BCUT2D eigenvalue weighted by atomic mass is 9.94. The maximum Gasteiger partial charge on any atom is 0.414 e. The summed E-state index contributed by atoms with van der Waals surface area (Å²) >= 11 is 0. The molecule has 0 saturated heterocycles. The van der Waals surface area contributed by atoms with Crippen LogP contribution in [0.25, 0.3) is 11.0 Å². The van der Waals surface area contributed by atoms with Crippen LogP contribution in [0.2, 0.25) is 0 Å². The fourth-order valence-corrected chi connectivity index (χ4v) is 5.53. The van der Waals surface area contributed by atoms with Crippen molar-refractivity contribution in [2.45, 2.75) is 70.4 Å². The lowest BCUT2D eigenvalue weighted by molar-refractivity contribution is 0.175. The number of rotatable bonds is 4. The van der Waals surface area contributed by atoms with Gasteiger partial charge in [-0.15, -0.1) is 0 Å². The van der Waals surface area contributed by atoms with Gasteiger partial charge in [0.1, 0.15) is 5.82 Å². The monoisotopic (exact) mass is 448 g/mol. The second kappa shape index (κ2) is 9.04. The molecule has 1 fully saturated rings. The molecule has 1 atom stereocenters. The van der Waals surface area contributed by atoms with Gasteiger partial charge < -0.3 is 14.0 Å². The summed E-state index contributed by atoms with van der Waals surface area (Å²) in [5.74, 6) is 1.65. The van der Waals surface area contributed by atoms with E-state index in [1.807, 2.05) is 18.2 Å². The Morgan fingerprint density at radius 3 is 2.64 bits per heavy atom. The molecule has 1 aliphatic heterocycles. The number of hydrogen-bond donors (Lipinski definition) is 0. The van der Waals surface area contributed by atoms with Crippen LogP contribution >= 0.6 is 0 Å². The van der Waals surface area contributed by atoms with Crippen molar-refractivity contribution in [3.05, 3.63) is 47.4 Å². The van der Waals surface area contributed by atoms with E-state index < -0.39 is 0 Å². The second-order valence-corrected chi connectivity index (χ2v) is 9.20. The van der Waals surface area contributed by atoms with Gasteiger partial charge in [0.05, 0.1) is 36.6 Å². The van der Waals surface area contributed by atoms with Gasteiger partial charge in [-0.05, 0) is 50.8 Å². The van der Waals surface area contributed by atoms with E-state index in [0.717, 1.165) is 46.6 Å². The fraction of sp³-hybridized carbons (Fsp3) is 0.500. The molecule has 1 aromatic carbocycles. The van der Waals surface area contributed by atoms with Crippen molar-refractivity contribution in [1.82, 2.24) is 14.5 Å². The molecule has 174 valence electrons. The van der Waals surface area contributed by atoms with E-state index >= 15 is 0 Å². The van der Waals surface area contributed by atoms with Crippen LogP contribution < -0.4 is 9.64 Å². The maximum absolute atomic E-state index is 12.6. The minimum absolute atomic E-state index is 0.100. The summed E-state index contributed by atoms with van der Waals surface area (Å²) in [6, 6.07) is 10.7. The number of amides is 1. The molecule has 0 N–H and O–H groups in total. The molecule has 1 amide bonds. The van der Waals surface area contributed by atoms with Gasteiger partial charge in [0.2, 0.25) is 5.88 Å². The molecule has 3 heterocycles. The zero-order chi connectivity index (χ0) is 22.9. The average molecular weight is 449 g/mol. The van der Waals surface area contributed by atoms with Crippen molar-refractivity contribution in [1.29, 1.82) is 0 Å². The van der Waals surface area contributed by atoms with E-state index in [2.05, 4.69) is 28.6 Å². The van der Waals surface area contributed by atoms with E-state index in [0.29, 0.717) is 18.3 Å². The van der Waals surface area contributed by atoms with Crippen molar-refractivity contribution >= 4 is 22.8 Å². The molecule has 0 radical (unpaired) electrons. The molecule has 1 saturated carbocycles. The number of pyridine rings is 1. The van der Waals surface area contributed by atoms with E-state index in [9.17, 15) is 4.79 Å². The molecule has 3 aromatic rings. The molecular formula is C26H32N4O3. The van der Waals surface area contributed by atoms with Crippen LogP contribution in [0.4, 0.5) is 10.5 Å². The molecule has 7 nitrogen and oxygen atoms in total. The van der Waals surface area contributed by atoms with Crippen molar-refractivity contribution in [2.75, 3.05) is 19.1 Å². The second-order valence-electron chi connectivity index (χ2n) is 9.20. The van der Waals surface area contributed by atoms with Gasteiger partial charge in [-0.1, -0.05) is 25.3 Å². The van der Waals surface area contributed by atoms with Crippen LogP contribution in [-0.2, 0) is 17.6 Å². The lowest BCUT2D eigenvalue weighted by Gasteiger charge is -2.34. The third-order valence-electron chi connectivity index (χ3n) is 7.17. The number of fused-ring (bicyclic) bond motifs is 3. The summed E-state index contributed by atoms with van der Waals surface area (Å²) < 4.78 is 12.9. The summed E-state index contributed by atoms with van der Waals surface area (Å²) in [6.07, 6.45) is 8.28. The predicted octanol–water partition coefficient (Wildman–Crippen LogP) is 5.44. The number of carbonyl (C=O) groups is 1. The number of nitrogens with zero attached hydrogens (tertiary/aromatic N) is 4. The quantitative estimate of drug-likeness (QED) is 0.531. The SMILES string of the molecule is COC(=O)N1c2ccc3c(nc(Cc4cccc(OC)n4)n3C3CCCCC3)c2CC[C@@H]1C. The van der Waals surface area contributed by atoms with Crippen LogP contribution in [0.3, 0.4) is 0 Å². The molecule has 0 bridgehead atoms. The first-order valence-electron chi connectivity index (χ1n) is 12.0. The van der Waals surface area contributed by atoms with Gasteiger partial charge in [0.15, 0.2) is 0 Å². The van der Waals surface area contributed by atoms with Gasteiger partial charge in [-0.3, -0.25) is 4.90 Å². The van der Waals surface area contributed by atoms with Crippen molar-refractivity contribution in [3.8, 4) is 5.88 Å². The zero-order valence-corrected chi connectivity index (χ0v) is 19.7. The Balaban J connectivity index is 1.65. The highest BCUT2D eigenvalue weighted by Crippen LogP contribution is 2.39. The standard InChI is InChI=1S/C26H32N4O3/c1-17-12-13-20-21(29(17)26(31)33-3)14-15-22-25(20)28-23(30(22)19-9-5-4-6-10-19)16-18-8-7-11-24(27-18)32-2/h7-8,11,14-15,17,19H,4-6,9-10,12-13,16H2,1-3H3/t17-/m0/s1. The largest absolute Gasteiger partial charge is 0.481 e. The molecule has 2 aliphatic rings. The Morgan fingerprint density at radius 1 is 1.06 bits per heavy atom. The Morgan fingerprint density at radius 2 is 1.88 bits per heavy atom. The predicted molar refractivity (Wildman–Crippen MR) is 128 cm³/mol. The van der Waals surface area contributed by atoms with Crippen LogP contribution in [-0.4, -0.2) is 40.9 Å². The molecule has 1 aliphatic carbocycles. The van der Waals surface area contributed by atoms with Gasteiger partial charge in [-0.2, -0.15) is 0 Å². The maximum atomic E-state index is 12.6. The van der Waals surface area contributed by atoms with Gasteiger partial charge in [0, 0.05) is 30.1 Å². The Labute approximate surface area is 194 Å². The minimum Gasteiger partial charge on any atom is -0.481 e. The van der Waals surface area contributed by atoms with Crippen LogP contribution in [0.15, 0.2) is 30.3 Å². The van der Waals surface area contributed by atoms with Crippen molar-refractivity contribution in [3.63, 3.8) is 0 Å². The number of imidazole rings is 1. The third kappa shape index (κ3) is 3.94. The van der Waals surface area contributed by atoms with Crippen molar-refractivity contribution < 1.29 is 14.3 Å². The summed E-state index contributed by atoms with van der Waals surface area (Å²) in [6.45, 7) is 2.07. The first kappa shape index (κ1) is 21.7. The van der Waals surface area contributed by atoms with Gasteiger partial charge >= 0.3 is 6.09 Å². The number of carbonyl (C=O) groups excluding carboxylic acids is 1. The fourth-order valence-electron chi connectivity index (χ4n) is 5.53.